The van der Waals surface area contributed by atoms with E-state index in [4.69, 9.17) is 4.74 Å². The average Bonchev–Trinajstić information content (AvgIpc) is 3.31. The van der Waals surface area contributed by atoms with Crippen molar-refractivity contribution in [2.75, 3.05) is 7.11 Å². The van der Waals surface area contributed by atoms with Crippen molar-refractivity contribution in [1.82, 2.24) is 9.55 Å². The quantitative estimate of drug-likeness (QED) is 0.280. The number of nitrogens with zero attached hydrogens (tertiary/aromatic N) is 2. The minimum atomic E-state index is -0.314. The summed E-state index contributed by atoms with van der Waals surface area (Å²) in [7, 11) is 1.42. The van der Waals surface area contributed by atoms with Crippen LogP contribution in [-0.2, 0) is 28.4 Å². The number of methoxy groups -OCH3 is 1. The summed E-state index contributed by atoms with van der Waals surface area (Å²) in [6, 6.07) is 16.9. The van der Waals surface area contributed by atoms with Crippen molar-refractivity contribution < 1.29 is 9.53 Å². The van der Waals surface area contributed by atoms with Crippen LogP contribution in [0.15, 0.2) is 67.1 Å². The van der Waals surface area contributed by atoms with Crippen LogP contribution in [0.2, 0.25) is 0 Å². The molecule has 4 heteroatoms. The Balaban J connectivity index is 1.58. The third-order valence-corrected chi connectivity index (χ3v) is 8.63. The maximum atomic E-state index is 12.0. The first-order valence-corrected chi connectivity index (χ1v) is 13.2. The molecule has 0 amide bonds. The molecule has 0 N–H and O–H groups in total. The Morgan fingerprint density at radius 3 is 2.27 bits per heavy atom. The molecule has 0 unspecified atom stereocenters. The molecule has 2 aliphatic rings. The SMILES string of the molecule is COC(=O)c1ccc(-c2cn(-c3cccnc3)c3c2CCc2cc4c(cc2-3)C(C)(C)CCC4(C)C)cc1. The lowest BCUT2D eigenvalue weighted by molar-refractivity contribution is 0.0600. The van der Waals surface area contributed by atoms with Crippen molar-refractivity contribution in [3.8, 4) is 28.1 Å². The fourth-order valence-electron chi connectivity index (χ4n) is 6.29. The highest BCUT2D eigenvalue weighted by Crippen LogP contribution is 2.50. The standard InChI is InChI=1S/C33H34N2O2/c1-32(2)14-15-33(3,4)29-18-26-23(17-28(29)32)12-13-25-27(21-8-10-22(11-9-21)31(36)37-5)20-35(30(25)26)24-7-6-16-34-19-24/h6-11,16-20H,12-15H2,1-5H3. The molecule has 6 rings (SSSR count). The summed E-state index contributed by atoms with van der Waals surface area (Å²) >= 11 is 0. The van der Waals surface area contributed by atoms with E-state index in [-0.39, 0.29) is 16.8 Å². The van der Waals surface area contributed by atoms with E-state index in [9.17, 15) is 4.79 Å². The molecule has 2 aromatic heterocycles. The number of aryl methyl sites for hydroxylation is 1. The first-order chi connectivity index (χ1) is 17.7. The zero-order valence-electron chi connectivity index (χ0n) is 22.4. The van der Waals surface area contributed by atoms with Gasteiger partial charge < -0.3 is 9.30 Å². The topological polar surface area (TPSA) is 44.1 Å². The second-order valence-electron chi connectivity index (χ2n) is 11.8. The zero-order valence-corrected chi connectivity index (χ0v) is 22.4. The number of ether oxygens (including phenoxy) is 1. The second kappa shape index (κ2) is 8.44. The van der Waals surface area contributed by atoms with Gasteiger partial charge in [-0.3, -0.25) is 4.98 Å². The van der Waals surface area contributed by atoms with Gasteiger partial charge in [-0.2, -0.15) is 0 Å². The first-order valence-electron chi connectivity index (χ1n) is 13.2. The molecular weight excluding hydrogens is 456 g/mol. The normalized spacial score (nSPS) is 16.9. The number of carbonyl (C=O) groups excluding carboxylic acids is 1. The number of pyridine rings is 1. The number of aromatic nitrogens is 2. The number of hydrogen-bond donors (Lipinski definition) is 0. The highest BCUT2D eigenvalue weighted by molar-refractivity contribution is 5.90. The highest BCUT2D eigenvalue weighted by atomic mass is 16.5. The highest BCUT2D eigenvalue weighted by Gasteiger charge is 2.39. The van der Waals surface area contributed by atoms with E-state index in [0.717, 1.165) is 24.1 Å². The summed E-state index contributed by atoms with van der Waals surface area (Å²) in [5.74, 6) is -0.314. The van der Waals surface area contributed by atoms with Crippen LogP contribution >= 0.6 is 0 Å². The van der Waals surface area contributed by atoms with E-state index >= 15 is 0 Å². The maximum Gasteiger partial charge on any atom is 0.337 e. The van der Waals surface area contributed by atoms with E-state index in [1.165, 1.54) is 59.0 Å². The Bertz CT molecular complexity index is 1510. The van der Waals surface area contributed by atoms with Gasteiger partial charge in [0.25, 0.3) is 0 Å². The Morgan fingerprint density at radius 1 is 0.919 bits per heavy atom. The summed E-state index contributed by atoms with van der Waals surface area (Å²) in [6.07, 6.45) is 10.4. The van der Waals surface area contributed by atoms with Crippen molar-refractivity contribution in [1.29, 1.82) is 0 Å². The molecule has 0 fully saturated rings. The molecule has 0 radical (unpaired) electrons. The molecule has 0 atom stereocenters. The number of esters is 1. The average molecular weight is 491 g/mol. The van der Waals surface area contributed by atoms with Gasteiger partial charge in [0.1, 0.15) is 0 Å². The lowest BCUT2D eigenvalue weighted by atomic mass is 9.62. The van der Waals surface area contributed by atoms with Gasteiger partial charge in [-0.15, -0.1) is 0 Å². The van der Waals surface area contributed by atoms with Crippen molar-refractivity contribution in [2.45, 2.75) is 64.2 Å². The molecule has 2 heterocycles. The molecule has 0 saturated carbocycles. The van der Waals surface area contributed by atoms with Crippen LogP contribution in [0.3, 0.4) is 0 Å². The number of carbonyl (C=O) groups is 1. The molecule has 0 bridgehead atoms. The Labute approximate surface area is 219 Å². The van der Waals surface area contributed by atoms with Crippen LogP contribution < -0.4 is 0 Å². The fourth-order valence-corrected chi connectivity index (χ4v) is 6.29. The van der Waals surface area contributed by atoms with Gasteiger partial charge in [0.2, 0.25) is 0 Å². The molecule has 4 nitrogen and oxygen atoms in total. The zero-order chi connectivity index (χ0) is 25.9. The summed E-state index contributed by atoms with van der Waals surface area (Å²) in [5, 5.41) is 0. The fraction of sp³-hybridized carbons (Fsp3) is 0.333. The Morgan fingerprint density at radius 2 is 1.62 bits per heavy atom. The minimum Gasteiger partial charge on any atom is -0.465 e. The summed E-state index contributed by atoms with van der Waals surface area (Å²) in [5.41, 5.74) is 12.7. The lowest BCUT2D eigenvalue weighted by Crippen LogP contribution is -2.34. The molecule has 37 heavy (non-hydrogen) atoms. The van der Waals surface area contributed by atoms with Gasteiger partial charge in [-0.25, -0.2) is 4.79 Å². The first kappa shape index (κ1) is 23.7. The smallest absolute Gasteiger partial charge is 0.337 e. The molecule has 4 aromatic rings. The summed E-state index contributed by atoms with van der Waals surface area (Å²) in [4.78, 5) is 16.4. The monoisotopic (exact) mass is 490 g/mol. The minimum absolute atomic E-state index is 0.149. The molecule has 188 valence electrons. The molecule has 0 aliphatic heterocycles. The van der Waals surface area contributed by atoms with Crippen molar-refractivity contribution in [2.24, 2.45) is 0 Å². The van der Waals surface area contributed by atoms with Crippen LogP contribution in [0.1, 0.15) is 73.1 Å². The molecule has 0 saturated heterocycles. The van der Waals surface area contributed by atoms with Crippen molar-refractivity contribution >= 4 is 5.97 Å². The summed E-state index contributed by atoms with van der Waals surface area (Å²) in [6.45, 7) is 9.59. The third-order valence-electron chi connectivity index (χ3n) is 8.63. The molecule has 0 spiro atoms. The number of rotatable bonds is 3. The Hall–Kier alpha value is -3.66. The molecule has 2 aliphatic carbocycles. The van der Waals surface area contributed by atoms with E-state index < -0.39 is 0 Å². The van der Waals surface area contributed by atoms with Gasteiger partial charge in [-0.05, 0) is 94.7 Å². The van der Waals surface area contributed by atoms with Crippen LogP contribution in [0.5, 0.6) is 0 Å². The van der Waals surface area contributed by atoms with Gasteiger partial charge in [0, 0.05) is 23.5 Å². The van der Waals surface area contributed by atoms with Gasteiger partial charge in [0.15, 0.2) is 0 Å². The lowest BCUT2D eigenvalue weighted by Gasteiger charge is -2.43. The van der Waals surface area contributed by atoms with Gasteiger partial charge in [-0.1, -0.05) is 45.9 Å². The second-order valence-corrected chi connectivity index (χ2v) is 11.8. The van der Waals surface area contributed by atoms with Crippen LogP contribution in [0, 0.1) is 0 Å². The van der Waals surface area contributed by atoms with Gasteiger partial charge in [0.05, 0.1) is 30.3 Å². The van der Waals surface area contributed by atoms with Crippen molar-refractivity contribution in [3.05, 3.63) is 94.9 Å². The number of fused-ring (bicyclic) bond motifs is 4. The van der Waals surface area contributed by atoms with Crippen LogP contribution in [0.4, 0.5) is 0 Å². The van der Waals surface area contributed by atoms with Crippen LogP contribution in [0.25, 0.3) is 28.1 Å². The predicted octanol–water partition coefficient (Wildman–Crippen LogP) is 7.44. The number of benzene rings is 2. The summed E-state index contributed by atoms with van der Waals surface area (Å²) < 4.78 is 7.22. The third kappa shape index (κ3) is 3.81. The predicted molar refractivity (Wildman–Crippen MR) is 148 cm³/mol. The number of hydrogen-bond acceptors (Lipinski definition) is 3. The van der Waals surface area contributed by atoms with Gasteiger partial charge >= 0.3 is 5.97 Å². The van der Waals surface area contributed by atoms with E-state index in [0.29, 0.717) is 5.56 Å². The van der Waals surface area contributed by atoms with E-state index in [2.05, 4.69) is 61.6 Å². The maximum absolute atomic E-state index is 12.0. The van der Waals surface area contributed by atoms with E-state index in [1.807, 2.05) is 42.7 Å². The van der Waals surface area contributed by atoms with Crippen molar-refractivity contribution in [3.63, 3.8) is 0 Å². The van der Waals surface area contributed by atoms with E-state index in [1.54, 1.807) is 0 Å². The van der Waals surface area contributed by atoms with Crippen LogP contribution in [-0.4, -0.2) is 22.6 Å². The molecular formula is C33H34N2O2. The largest absolute Gasteiger partial charge is 0.465 e. The molecule has 2 aromatic carbocycles. The Kier molecular flexibility index (Phi) is 5.41.